The van der Waals surface area contributed by atoms with Crippen molar-refractivity contribution in [2.24, 2.45) is 5.92 Å². The van der Waals surface area contributed by atoms with Gasteiger partial charge in [0.15, 0.2) is 5.65 Å². The Bertz CT molecular complexity index is 1080. The number of aryl methyl sites for hydroxylation is 1. The van der Waals surface area contributed by atoms with Gasteiger partial charge in [-0.05, 0) is 61.8 Å². The molecule has 3 aromatic rings. The quantitative estimate of drug-likeness (QED) is 0.413. The largest absolute Gasteiger partial charge is 0.462 e. The average Bonchev–Trinajstić information content (AvgIpc) is 3.39. The number of ether oxygens (including phenoxy) is 1. The fourth-order valence-electron chi connectivity index (χ4n) is 4.17. The monoisotopic (exact) mass is 425 g/mol. The van der Waals surface area contributed by atoms with Crippen molar-refractivity contribution in [3.05, 3.63) is 53.4 Å². The van der Waals surface area contributed by atoms with Crippen LogP contribution in [0, 0.1) is 11.9 Å². The molecule has 1 aliphatic rings. The zero-order valence-corrected chi connectivity index (χ0v) is 18.2. The van der Waals surface area contributed by atoms with Gasteiger partial charge in [0.05, 0.1) is 18.8 Å². The molecule has 7 nitrogen and oxygen atoms in total. The summed E-state index contributed by atoms with van der Waals surface area (Å²) in [5.74, 6) is 0.407. The lowest BCUT2D eigenvalue weighted by Gasteiger charge is -2.28. The molecule has 1 fully saturated rings. The van der Waals surface area contributed by atoms with Crippen LogP contribution in [0.5, 0.6) is 0 Å². The van der Waals surface area contributed by atoms with Crippen LogP contribution in [-0.4, -0.2) is 38.7 Å². The van der Waals surface area contributed by atoms with Gasteiger partial charge < -0.3 is 9.64 Å². The van der Waals surface area contributed by atoms with Gasteiger partial charge in [0.1, 0.15) is 11.4 Å². The molecule has 164 valence electrons. The number of anilines is 1. The predicted molar refractivity (Wildman–Crippen MR) is 116 cm³/mol. The number of carbonyl (C=O) groups excluding carboxylic acids is 1. The van der Waals surface area contributed by atoms with Crippen LogP contribution < -0.4 is 4.90 Å². The van der Waals surface area contributed by atoms with Crippen LogP contribution in [0.15, 0.2) is 30.7 Å². The second-order valence-corrected chi connectivity index (χ2v) is 8.32. The summed E-state index contributed by atoms with van der Waals surface area (Å²) in [5, 5.41) is 4.21. The summed E-state index contributed by atoms with van der Waals surface area (Å²) in [6.45, 7) is 7.23. The Morgan fingerprint density at radius 3 is 2.97 bits per heavy atom. The van der Waals surface area contributed by atoms with Crippen molar-refractivity contribution in [1.29, 1.82) is 0 Å². The molecule has 8 heteroatoms. The number of nitrogens with zero attached hydrogens (tertiary/aromatic N) is 5. The van der Waals surface area contributed by atoms with E-state index in [-0.39, 0.29) is 12.6 Å². The Labute approximate surface area is 181 Å². The van der Waals surface area contributed by atoms with Gasteiger partial charge in [-0.2, -0.15) is 9.49 Å². The van der Waals surface area contributed by atoms with Crippen LogP contribution in [-0.2, 0) is 11.2 Å². The van der Waals surface area contributed by atoms with Gasteiger partial charge in [-0.25, -0.2) is 19.3 Å². The molecule has 0 saturated carbocycles. The zero-order chi connectivity index (χ0) is 22.0. The van der Waals surface area contributed by atoms with Gasteiger partial charge >= 0.3 is 5.97 Å². The highest BCUT2D eigenvalue weighted by Crippen LogP contribution is 2.37. The molecule has 0 amide bonds. The summed E-state index contributed by atoms with van der Waals surface area (Å²) < 4.78 is 20.8. The molecule has 0 bridgehead atoms. The SMILES string of the molecule is CCOC(=O)c1cnn2ccc(N3CCCC3c3cc(F)ncc3CCC(C)C)nc12. The Hall–Kier alpha value is -3.03. The average molecular weight is 426 g/mol. The van der Waals surface area contributed by atoms with E-state index in [0.29, 0.717) is 17.1 Å². The van der Waals surface area contributed by atoms with E-state index in [4.69, 9.17) is 9.72 Å². The molecule has 0 aromatic carbocycles. The van der Waals surface area contributed by atoms with Gasteiger partial charge in [-0.3, -0.25) is 0 Å². The van der Waals surface area contributed by atoms with E-state index >= 15 is 0 Å². The molecular formula is C23H28FN5O2. The third kappa shape index (κ3) is 4.38. The number of esters is 1. The van der Waals surface area contributed by atoms with Crippen LogP contribution in [0.4, 0.5) is 10.2 Å². The van der Waals surface area contributed by atoms with E-state index in [0.717, 1.165) is 49.2 Å². The first-order chi connectivity index (χ1) is 15.0. The number of hydrogen-bond donors (Lipinski definition) is 0. The summed E-state index contributed by atoms with van der Waals surface area (Å²) in [6.07, 6.45) is 8.74. The van der Waals surface area contributed by atoms with Crippen molar-refractivity contribution in [2.75, 3.05) is 18.1 Å². The standard InChI is InChI=1S/C23H28FN5O2/c1-4-31-23(30)18-14-26-29-11-9-21(27-22(18)29)28-10-5-6-19(28)17-12-20(24)25-13-16(17)8-7-15(2)3/h9,11-15,19H,4-8,10H2,1-3H3. The summed E-state index contributed by atoms with van der Waals surface area (Å²) >= 11 is 0. The van der Waals surface area contributed by atoms with E-state index in [9.17, 15) is 9.18 Å². The fourth-order valence-corrected chi connectivity index (χ4v) is 4.17. The van der Waals surface area contributed by atoms with Crippen molar-refractivity contribution in [3.63, 3.8) is 0 Å². The molecule has 4 rings (SSSR count). The molecule has 1 atom stereocenters. The maximum absolute atomic E-state index is 14.1. The van der Waals surface area contributed by atoms with E-state index in [1.807, 2.05) is 6.07 Å². The lowest BCUT2D eigenvalue weighted by atomic mass is 9.95. The smallest absolute Gasteiger partial charge is 0.343 e. The Balaban J connectivity index is 1.69. The van der Waals surface area contributed by atoms with Gasteiger partial charge in [-0.1, -0.05) is 13.8 Å². The first-order valence-electron chi connectivity index (χ1n) is 10.9. The third-order valence-electron chi connectivity index (χ3n) is 5.74. The van der Waals surface area contributed by atoms with Crippen molar-refractivity contribution in [1.82, 2.24) is 19.6 Å². The number of hydrogen-bond acceptors (Lipinski definition) is 6. The van der Waals surface area contributed by atoms with Gasteiger partial charge in [-0.15, -0.1) is 0 Å². The molecule has 31 heavy (non-hydrogen) atoms. The maximum Gasteiger partial charge on any atom is 0.343 e. The van der Waals surface area contributed by atoms with E-state index in [1.165, 1.54) is 6.20 Å². The van der Waals surface area contributed by atoms with Crippen molar-refractivity contribution < 1.29 is 13.9 Å². The van der Waals surface area contributed by atoms with Crippen molar-refractivity contribution in [3.8, 4) is 0 Å². The Morgan fingerprint density at radius 1 is 1.35 bits per heavy atom. The topological polar surface area (TPSA) is 72.6 Å². The number of aromatic nitrogens is 4. The molecular weight excluding hydrogens is 397 g/mol. The predicted octanol–water partition coefficient (Wildman–Crippen LogP) is 4.37. The molecule has 3 aromatic heterocycles. The number of carbonyl (C=O) groups is 1. The zero-order valence-electron chi connectivity index (χ0n) is 18.2. The lowest BCUT2D eigenvalue weighted by molar-refractivity contribution is 0.0528. The van der Waals surface area contributed by atoms with Crippen LogP contribution in [0.25, 0.3) is 5.65 Å². The minimum atomic E-state index is -0.459. The third-order valence-corrected chi connectivity index (χ3v) is 5.74. The van der Waals surface area contributed by atoms with Crippen LogP contribution in [0.3, 0.4) is 0 Å². The van der Waals surface area contributed by atoms with E-state index < -0.39 is 11.9 Å². The molecule has 0 radical (unpaired) electrons. The fraction of sp³-hybridized carbons (Fsp3) is 0.478. The molecule has 0 N–H and O–H groups in total. The molecule has 0 aliphatic carbocycles. The number of fused-ring (bicyclic) bond motifs is 1. The van der Waals surface area contributed by atoms with Crippen LogP contribution >= 0.6 is 0 Å². The van der Waals surface area contributed by atoms with Gasteiger partial charge in [0, 0.05) is 18.9 Å². The highest BCUT2D eigenvalue weighted by molar-refractivity contribution is 5.95. The second-order valence-electron chi connectivity index (χ2n) is 8.32. The molecule has 4 heterocycles. The Morgan fingerprint density at radius 2 is 2.19 bits per heavy atom. The highest BCUT2D eigenvalue weighted by Gasteiger charge is 2.30. The van der Waals surface area contributed by atoms with Gasteiger partial charge in [0.2, 0.25) is 5.95 Å². The van der Waals surface area contributed by atoms with Gasteiger partial charge in [0.25, 0.3) is 0 Å². The minimum absolute atomic E-state index is 0.0172. The number of halogens is 1. The first kappa shape index (κ1) is 21.2. The molecule has 1 unspecified atom stereocenters. The molecule has 1 saturated heterocycles. The number of rotatable bonds is 7. The van der Waals surface area contributed by atoms with Crippen LogP contribution in [0.2, 0.25) is 0 Å². The van der Waals surface area contributed by atoms with E-state index in [2.05, 4.69) is 28.8 Å². The number of pyridine rings is 1. The van der Waals surface area contributed by atoms with Crippen LogP contribution in [0.1, 0.15) is 67.6 Å². The Kier molecular flexibility index (Phi) is 6.15. The molecule has 1 aliphatic heterocycles. The highest BCUT2D eigenvalue weighted by atomic mass is 19.1. The second kappa shape index (κ2) is 8.99. The first-order valence-corrected chi connectivity index (χ1v) is 10.9. The normalized spacial score (nSPS) is 16.4. The lowest BCUT2D eigenvalue weighted by Crippen LogP contribution is -2.25. The van der Waals surface area contributed by atoms with E-state index in [1.54, 1.807) is 29.9 Å². The summed E-state index contributed by atoms with van der Waals surface area (Å²) in [4.78, 5) is 23.1. The van der Waals surface area contributed by atoms with Crippen molar-refractivity contribution in [2.45, 2.75) is 52.5 Å². The maximum atomic E-state index is 14.1. The summed E-state index contributed by atoms with van der Waals surface area (Å²) in [7, 11) is 0. The summed E-state index contributed by atoms with van der Waals surface area (Å²) in [6, 6.07) is 3.47. The minimum Gasteiger partial charge on any atom is -0.462 e. The molecule has 0 spiro atoms. The van der Waals surface area contributed by atoms with Crippen molar-refractivity contribution >= 4 is 17.4 Å². The summed E-state index contributed by atoms with van der Waals surface area (Å²) in [5.41, 5.74) is 2.87.